The first kappa shape index (κ1) is 10.2. The summed E-state index contributed by atoms with van der Waals surface area (Å²) in [6.07, 6.45) is 0. The summed E-state index contributed by atoms with van der Waals surface area (Å²) in [5.74, 6) is 5.51. The Morgan fingerprint density at radius 3 is 2.64 bits per heavy atom. The second-order valence-corrected chi connectivity index (χ2v) is 3.36. The molecule has 0 amide bonds. The van der Waals surface area contributed by atoms with E-state index in [1.165, 1.54) is 5.56 Å². The van der Waals surface area contributed by atoms with Gasteiger partial charge in [0.1, 0.15) is 0 Å². The molecule has 14 heavy (non-hydrogen) atoms. The summed E-state index contributed by atoms with van der Waals surface area (Å²) in [7, 11) is 0. The van der Waals surface area contributed by atoms with E-state index in [0.29, 0.717) is 11.6 Å². The maximum Gasteiger partial charge on any atom is 0.152 e. The molecule has 0 fully saturated rings. The summed E-state index contributed by atoms with van der Waals surface area (Å²) < 4.78 is 0. The lowest BCUT2D eigenvalue weighted by Gasteiger charge is -2.06. The predicted octanol–water partition coefficient (Wildman–Crippen LogP) is 2.27. The minimum atomic E-state index is 0.443. The molecule has 0 aliphatic heterocycles. The lowest BCUT2D eigenvalue weighted by Crippen LogP contribution is -1.94. The van der Waals surface area contributed by atoms with Gasteiger partial charge in [-0.15, -0.1) is 0 Å². The molecular weight excluding hydrogens is 172 g/mol. The Kier molecular flexibility index (Phi) is 3.15. The molecule has 0 heterocycles. The molecule has 0 radical (unpaired) electrons. The van der Waals surface area contributed by atoms with Crippen LogP contribution in [0, 0.1) is 23.2 Å². The summed E-state index contributed by atoms with van der Waals surface area (Å²) in [6.45, 7) is 4.21. The normalized spacial score (nSPS) is 9.00. The van der Waals surface area contributed by atoms with Crippen molar-refractivity contribution in [2.75, 3.05) is 5.73 Å². The first-order valence-electron chi connectivity index (χ1n) is 4.44. The highest BCUT2D eigenvalue weighted by Gasteiger charge is 2.01. The Balaban J connectivity index is 3.16. The molecular formula is C12H12N2. The van der Waals surface area contributed by atoms with E-state index < -0.39 is 0 Å². The van der Waals surface area contributed by atoms with Crippen LogP contribution in [0.5, 0.6) is 0 Å². The van der Waals surface area contributed by atoms with Crippen molar-refractivity contribution in [3.05, 3.63) is 29.3 Å². The Morgan fingerprint density at radius 1 is 1.36 bits per heavy atom. The average molecular weight is 184 g/mol. The monoisotopic (exact) mass is 184 g/mol. The molecule has 2 N–H and O–H groups in total. The third-order valence-electron chi connectivity index (χ3n) is 2.00. The molecule has 0 bridgehead atoms. The van der Waals surface area contributed by atoms with Crippen LogP contribution in [0.15, 0.2) is 18.2 Å². The third-order valence-corrected chi connectivity index (χ3v) is 2.00. The van der Waals surface area contributed by atoms with Crippen LogP contribution in [-0.2, 0) is 0 Å². The van der Waals surface area contributed by atoms with Gasteiger partial charge in [0.05, 0.1) is 0 Å². The van der Waals surface area contributed by atoms with E-state index in [9.17, 15) is 0 Å². The van der Waals surface area contributed by atoms with Crippen LogP contribution in [-0.4, -0.2) is 0 Å². The zero-order chi connectivity index (χ0) is 10.6. The zero-order valence-electron chi connectivity index (χ0n) is 8.33. The summed E-state index contributed by atoms with van der Waals surface area (Å²) in [5, 5.41) is 8.33. The molecule has 0 atom stereocenters. The highest BCUT2D eigenvalue weighted by molar-refractivity contribution is 5.58. The first-order chi connectivity index (χ1) is 6.65. The number of nitrogens with zero attached hydrogens (tertiary/aromatic N) is 1. The Hall–Kier alpha value is -1.93. The molecule has 70 valence electrons. The molecule has 2 nitrogen and oxygen atoms in total. The van der Waals surface area contributed by atoms with Crippen molar-refractivity contribution in [2.45, 2.75) is 19.8 Å². The van der Waals surface area contributed by atoms with Gasteiger partial charge in [0.25, 0.3) is 0 Å². The number of benzene rings is 1. The highest BCUT2D eigenvalue weighted by atomic mass is 14.5. The number of nitrogen functional groups attached to an aromatic ring is 1. The van der Waals surface area contributed by atoms with Gasteiger partial charge in [-0.3, -0.25) is 0 Å². The quantitative estimate of drug-likeness (QED) is 0.537. The van der Waals surface area contributed by atoms with Crippen molar-refractivity contribution < 1.29 is 0 Å². The van der Waals surface area contributed by atoms with E-state index in [2.05, 4.69) is 25.7 Å². The molecule has 0 saturated carbocycles. The van der Waals surface area contributed by atoms with Crippen molar-refractivity contribution in [1.82, 2.24) is 0 Å². The van der Waals surface area contributed by atoms with Gasteiger partial charge in [-0.2, -0.15) is 5.26 Å². The van der Waals surface area contributed by atoms with Crippen molar-refractivity contribution in [1.29, 1.82) is 5.26 Å². The largest absolute Gasteiger partial charge is 0.398 e. The van der Waals surface area contributed by atoms with E-state index in [0.717, 1.165) is 5.56 Å². The van der Waals surface area contributed by atoms with Gasteiger partial charge in [0.15, 0.2) is 6.07 Å². The summed E-state index contributed by atoms with van der Waals surface area (Å²) in [6, 6.07) is 7.52. The van der Waals surface area contributed by atoms with Gasteiger partial charge in [0.2, 0.25) is 0 Å². The van der Waals surface area contributed by atoms with E-state index in [1.807, 2.05) is 18.2 Å². The molecule has 1 rings (SSSR count). The van der Waals surface area contributed by atoms with Crippen molar-refractivity contribution in [2.24, 2.45) is 0 Å². The van der Waals surface area contributed by atoms with E-state index in [4.69, 9.17) is 11.0 Å². The maximum absolute atomic E-state index is 8.33. The van der Waals surface area contributed by atoms with E-state index >= 15 is 0 Å². The number of anilines is 1. The lowest BCUT2D eigenvalue weighted by molar-refractivity contribution is 0.866. The zero-order valence-corrected chi connectivity index (χ0v) is 8.33. The highest BCUT2D eigenvalue weighted by Crippen LogP contribution is 2.19. The summed E-state index contributed by atoms with van der Waals surface area (Å²) in [4.78, 5) is 0. The maximum atomic E-state index is 8.33. The van der Waals surface area contributed by atoms with Crippen LogP contribution >= 0.6 is 0 Å². The van der Waals surface area contributed by atoms with Crippen LogP contribution in [0.25, 0.3) is 0 Å². The fourth-order valence-corrected chi connectivity index (χ4v) is 1.14. The fraction of sp³-hybridized carbons (Fsp3) is 0.250. The van der Waals surface area contributed by atoms with Crippen molar-refractivity contribution >= 4 is 5.69 Å². The topological polar surface area (TPSA) is 49.8 Å². The average Bonchev–Trinajstić information content (AvgIpc) is 2.16. The predicted molar refractivity (Wildman–Crippen MR) is 57.4 cm³/mol. The molecule has 1 aromatic carbocycles. The van der Waals surface area contributed by atoms with Crippen LogP contribution < -0.4 is 5.73 Å². The Bertz CT molecular complexity index is 428. The second kappa shape index (κ2) is 4.35. The number of nitrogens with two attached hydrogens (primary N) is 1. The van der Waals surface area contributed by atoms with Crippen LogP contribution in [0.4, 0.5) is 5.69 Å². The lowest BCUT2D eigenvalue weighted by atomic mass is 10.00. The van der Waals surface area contributed by atoms with Crippen LogP contribution in [0.1, 0.15) is 30.9 Å². The number of nitriles is 1. The van der Waals surface area contributed by atoms with E-state index in [1.54, 1.807) is 6.07 Å². The molecule has 2 heteroatoms. The van der Waals surface area contributed by atoms with Gasteiger partial charge >= 0.3 is 0 Å². The third kappa shape index (κ3) is 2.28. The molecule has 0 saturated heterocycles. The molecule has 0 aliphatic rings. The fourth-order valence-electron chi connectivity index (χ4n) is 1.14. The Morgan fingerprint density at radius 2 is 2.07 bits per heavy atom. The summed E-state index contributed by atoms with van der Waals surface area (Å²) in [5.41, 5.74) is 8.26. The molecule has 0 aliphatic carbocycles. The van der Waals surface area contributed by atoms with Gasteiger partial charge in [-0.25, -0.2) is 0 Å². The van der Waals surface area contributed by atoms with Gasteiger partial charge in [-0.1, -0.05) is 19.9 Å². The molecule has 1 aromatic rings. The molecule has 0 unspecified atom stereocenters. The van der Waals surface area contributed by atoms with Gasteiger partial charge in [0, 0.05) is 17.2 Å². The number of hydrogen-bond acceptors (Lipinski definition) is 2. The first-order valence-corrected chi connectivity index (χ1v) is 4.44. The molecule has 0 spiro atoms. The minimum Gasteiger partial charge on any atom is -0.398 e. The van der Waals surface area contributed by atoms with Crippen LogP contribution in [0.2, 0.25) is 0 Å². The Labute approximate surface area is 84.4 Å². The van der Waals surface area contributed by atoms with E-state index in [-0.39, 0.29) is 0 Å². The summed E-state index contributed by atoms with van der Waals surface area (Å²) >= 11 is 0. The second-order valence-electron chi connectivity index (χ2n) is 3.36. The molecule has 0 aromatic heterocycles. The van der Waals surface area contributed by atoms with Gasteiger partial charge in [-0.05, 0) is 29.5 Å². The van der Waals surface area contributed by atoms with Crippen molar-refractivity contribution in [3.63, 3.8) is 0 Å². The van der Waals surface area contributed by atoms with Crippen molar-refractivity contribution in [3.8, 4) is 17.9 Å². The van der Waals surface area contributed by atoms with Gasteiger partial charge < -0.3 is 5.73 Å². The minimum absolute atomic E-state index is 0.443. The SMILES string of the molecule is CC(C)c1ccc(N)c(C#CC#N)c1. The van der Waals surface area contributed by atoms with Crippen LogP contribution in [0.3, 0.4) is 0 Å². The smallest absolute Gasteiger partial charge is 0.152 e. The standard InChI is InChI=1S/C12H12N2/c1-9(2)10-5-6-12(14)11(8-10)4-3-7-13/h5-6,8-9H,14H2,1-2H3. The number of hydrogen-bond donors (Lipinski definition) is 1. The number of rotatable bonds is 1.